The number of esters is 1. The van der Waals surface area contributed by atoms with Crippen molar-refractivity contribution < 1.29 is 14.6 Å². The number of methoxy groups -OCH3 is 1. The van der Waals surface area contributed by atoms with Gasteiger partial charge in [-0.25, -0.2) is 4.79 Å². The fraction of sp³-hybridized carbons (Fsp3) is 0.0714. The van der Waals surface area contributed by atoms with E-state index in [0.29, 0.717) is 16.3 Å². The summed E-state index contributed by atoms with van der Waals surface area (Å²) >= 11 is 5.92. The van der Waals surface area contributed by atoms with E-state index >= 15 is 0 Å². The lowest BCUT2D eigenvalue weighted by molar-refractivity contribution is 0.0602. The Balaban J connectivity index is 2.35. The average molecular weight is 278 g/mol. The monoisotopic (exact) mass is 277 g/mol. The summed E-state index contributed by atoms with van der Waals surface area (Å²) in [6, 6.07) is 11.3. The molecule has 0 radical (unpaired) electrons. The van der Waals surface area contributed by atoms with E-state index in [0.717, 1.165) is 5.69 Å². The number of carbonyl (C=O) groups excluding carboxylic acids is 1. The molecule has 0 spiro atoms. The lowest BCUT2D eigenvalue weighted by atomic mass is 10.1. The van der Waals surface area contributed by atoms with E-state index in [1.165, 1.54) is 7.11 Å². The van der Waals surface area contributed by atoms with Crippen molar-refractivity contribution in [2.24, 2.45) is 0 Å². The Bertz CT molecular complexity index is 596. The van der Waals surface area contributed by atoms with Crippen LogP contribution in [0.2, 0.25) is 5.02 Å². The van der Waals surface area contributed by atoms with Gasteiger partial charge < -0.3 is 15.2 Å². The Morgan fingerprint density at radius 2 is 1.89 bits per heavy atom. The molecule has 0 saturated heterocycles. The van der Waals surface area contributed by atoms with Gasteiger partial charge in [0.15, 0.2) is 0 Å². The second-order valence-electron chi connectivity index (χ2n) is 3.85. The molecule has 0 aliphatic carbocycles. The zero-order valence-electron chi connectivity index (χ0n) is 10.2. The summed E-state index contributed by atoms with van der Waals surface area (Å²) in [7, 11) is 1.32. The Hall–Kier alpha value is -2.20. The Kier molecular flexibility index (Phi) is 3.92. The summed E-state index contributed by atoms with van der Waals surface area (Å²) in [5.74, 6) is -0.275. The molecule has 0 bridgehead atoms. The largest absolute Gasteiger partial charge is 0.508 e. The minimum Gasteiger partial charge on any atom is -0.508 e. The van der Waals surface area contributed by atoms with E-state index < -0.39 is 5.97 Å². The van der Waals surface area contributed by atoms with Gasteiger partial charge in [0.05, 0.1) is 18.4 Å². The smallest absolute Gasteiger partial charge is 0.339 e. The van der Waals surface area contributed by atoms with Crippen LogP contribution >= 0.6 is 11.6 Å². The van der Waals surface area contributed by atoms with Crippen LogP contribution in [-0.4, -0.2) is 18.2 Å². The number of aromatic hydroxyl groups is 1. The van der Waals surface area contributed by atoms with E-state index in [-0.39, 0.29) is 5.75 Å². The van der Waals surface area contributed by atoms with E-state index in [4.69, 9.17) is 16.3 Å². The molecule has 0 heterocycles. The predicted octanol–water partition coefficient (Wildman–Crippen LogP) is 3.58. The number of benzene rings is 2. The number of hydrogen-bond donors (Lipinski definition) is 2. The van der Waals surface area contributed by atoms with Gasteiger partial charge in [0, 0.05) is 10.7 Å². The SMILES string of the molecule is COC(=O)c1ccc(Cl)cc1Nc1ccc(O)cc1. The molecule has 5 heteroatoms. The van der Waals surface area contributed by atoms with Crippen LogP contribution in [0.1, 0.15) is 10.4 Å². The first-order chi connectivity index (χ1) is 9.10. The lowest BCUT2D eigenvalue weighted by Gasteiger charge is -2.11. The molecule has 0 atom stereocenters. The van der Waals surface area contributed by atoms with Crippen molar-refractivity contribution in [3.8, 4) is 5.75 Å². The number of phenols is 1. The van der Waals surface area contributed by atoms with Crippen molar-refractivity contribution in [1.29, 1.82) is 0 Å². The standard InChI is InChI=1S/C14H12ClNO3/c1-19-14(18)12-7-2-9(15)8-13(12)16-10-3-5-11(17)6-4-10/h2-8,16-17H,1H3. The van der Waals surface area contributed by atoms with Crippen LogP contribution < -0.4 is 5.32 Å². The van der Waals surface area contributed by atoms with Crippen molar-refractivity contribution in [3.05, 3.63) is 53.1 Å². The minimum atomic E-state index is -0.446. The van der Waals surface area contributed by atoms with Gasteiger partial charge in [-0.3, -0.25) is 0 Å². The molecule has 0 aliphatic heterocycles. The number of halogens is 1. The van der Waals surface area contributed by atoms with Gasteiger partial charge in [-0.05, 0) is 42.5 Å². The van der Waals surface area contributed by atoms with Gasteiger partial charge in [0.2, 0.25) is 0 Å². The van der Waals surface area contributed by atoms with Crippen molar-refractivity contribution in [2.45, 2.75) is 0 Å². The summed E-state index contributed by atoms with van der Waals surface area (Å²) in [5, 5.41) is 12.8. The highest BCUT2D eigenvalue weighted by Gasteiger charge is 2.12. The summed E-state index contributed by atoms with van der Waals surface area (Å²) in [6.45, 7) is 0. The Morgan fingerprint density at radius 1 is 1.21 bits per heavy atom. The van der Waals surface area contributed by atoms with Gasteiger partial charge >= 0.3 is 5.97 Å². The number of phenolic OH excluding ortho intramolecular Hbond substituents is 1. The summed E-state index contributed by atoms with van der Waals surface area (Å²) < 4.78 is 4.71. The molecule has 4 nitrogen and oxygen atoms in total. The summed E-state index contributed by atoms with van der Waals surface area (Å²) in [5.41, 5.74) is 1.66. The van der Waals surface area contributed by atoms with E-state index in [2.05, 4.69) is 5.32 Å². The number of rotatable bonds is 3. The summed E-state index contributed by atoms with van der Waals surface area (Å²) in [4.78, 5) is 11.6. The zero-order valence-corrected chi connectivity index (χ0v) is 10.9. The van der Waals surface area contributed by atoms with Crippen LogP contribution in [-0.2, 0) is 4.74 Å². The van der Waals surface area contributed by atoms with Crippen LogP contribution in [0.15, 0.2) is 42.5 Å². The highest BCUT2D eigenvalue weighted by Crippen LogP contribution is 2.26. The lowest BCUT2D eigenvalue weighted by Crippen LogP contribution is -2.05. The van der Waals surface area contributed by atoms with Gasteiger partial charge in [-0.1, -0.05) is 11.6 Å². The Morgan fingerprint density at radius 3 is 2.53 bits per heavy atom. The summed E-state index contributed by atoms with van der Waals surface area (Å²) in [6.07, 6.45) is 0. The third-order valence-electron chi connectivity index (χ3n) is 2.53. The molecule has 98 valence electrons. The molecule has 0 saturated carbocycles. The second kappa shape index (κ2) is 5.63. The minimum absolute atomic E-state index is 0.171. The topological polar surface area (TPSA) is 58.6 Å². The van der Waals surface area contributed by atoms with E-state index in [1.54, 1.807) is 42.5 Å². The Labute approximate surface area is 115 Å². The molecular weight excluding hydrogens is 266 g/mol. The molecule has 0 unspecified atom stereocenters. The number of nitrogens with one attached hydrogen (secondary N) is 1. The third-order valence-corrected chi connectivity index (χ3v) is 2.77. The van der Waals surface area contributed by atoms with Gasteiger partial charge in [0.25, 0.3) is 0 Å². The fourth-order valence-corrected chi connectivity index (χ4v) is 1.78. The first-order valence-corrected chi connectivity index (χ1v) is 5.92. The number of hydrogen-bond acceptors (Lipinski definition) is 4. The normalized spacial score (nSPS) is 10.0. The zero-order chi connectivity index (χ0) is 13.8. The van der Waals surface area contributed by atoms with Crippen molar-refractivity contribution in [2.75, 3.05) is 12.4 Å². The maximum absolute atomic E-state index is 11.6. The molecule has 19 heavy (non-hydrogen) atoms. The molecule has 0 aromatic heterocycles. The van der Waals surface area contributed by atoms with Crippen molar-refractivity contribution >= 4 is 28.9 Å². The predicted molar refractivity (Wildman–Crippen MR) is 74.2 cm³/mol. The molecule has 0 fully saturated rings. The maximum atomic E-state index is 11.6. The maximum Gasteiger partial charge on any atom is 0.339 e. The number of ether oxygens (including phenoxy) is 1. The van der Waals surface area contributed by atoms with E-state index in [1.807, 2.05) is 0 Å². The molecule has 2 aromatic carbocycles. The van der Waals surface area contributed by atoms with Gasteiger partial charge in [-0.2, -0.15) is 0 Å². The van der Waals surface area contributed by atoms with Crippen molar-refractivity contribution in [3.63, 3.8) is 0 Å². The van der Waals surface area contributed by atoms with Gasteiger partial charge in [0.1, 0.15) is 5.75 Å². The third kappa shape index (κ3) is 3.17. The number of anilines is 2. The van der Waals surface area contributed by atoms with Crippen LogP contribution in [0.5, 0.6) is 5.75 Å². The molecule has 2 aromatic rings. The van der Waals surface area contributed by atoms with Crippen LogP contribution in [0.3, 0.4) is 0 Å². The van der Waals surface area contributed by atoms with E-state index in [9.17, 15) is 9.90 Å². The first-order valence-electron chi connectivity index (χ1n) is 5.54. The van der Waals surface area contributed by atoms with Gasteiger partial charge in [-0.15, -0.1) is 0 Å². The van der Waals surface area contributed by atoms with Crippen LogP contribution in [0, 0.1) is 0 Å². The second-order valence-corrected chi connectivity index (χ2v) is 4.29. The first kappa shape index (κ1) is 13.2. The molecule has 2 N–H and O–H groups in total. The number of carbonyl (C=O) groups is 1. The van der Waals surface area contributed by atoms with Crippen LogP contribution in [0.4, 0.5) is 11.4 Å². The van der Waals surface area contributed by atoms with Crippen LogP contribution in [0.25, 0.3) is 0 Å². The molecular formula is C14H12ClNO3. The average Bonchev–Trinajstić information content (AvgIpc) is 2.41. The quantitative estimate of drug-likeness (QED) is 0.665. The fourth-order valence-electron chi connectivity index (χ4n) is 1.61. The van der Waals surface area contributed by atoms with Crippen molar-refractivity contribution in [1.82, 2.24) is 0 Å². The highest BCUT2D eigenvalue weighted by atomic mass is 35.5. The molecule has 0 aliphatic rings. The molecule has 2 rings (SSSR count). The molecule has 0 amide bonds. The highest BCUT2D eigenvalue weighted by molar-refractivity contribution is 6.31.